The number of aromatic nitrogens is 2. The highest BCUT2D eigenvalue weighted by atomic mass is 19.1. The predicted octanol–water partition coefficient (Wildman–Crippen LogP) is 4.47. The summed E-state index contributed by atoms with van der Waals surface area (Å²) in [6, 6.07) is 11.0. The molecule has 0 saturated heterocycles. The smallest absolute Gasteiger partial charge is 0.251 e. The van der Waals surface area contributed by atoms with Crippen LogP contribution in [0, 0.1) is 17.1 Å². The lowest BCUT2D eigenvalue weighted by Gasteiger charge is -2.19. The van der Waals surface area contributed by atoms with Crippen LogP contribution >= 0.6 is 0 Å². The second kappa shape index (κ2) is 12.7. The molecule has 2 aromatic carbocycles. The molecule has 1 aromatic heterocycles. The van der Waals surface area contributed by atoms with Gasteiger partial charge in [-0.25, -0.2) is 9.37 Å². The van der Waals surface area contributed by atoms with Gasteiger partial charge in [-0.3, -0.25) is 4.79 Å². The number of nitrogens with zero attached hydrogens (tertiary/aromatic N) is 3. The second-order valence-electron chi connectivity index (χ2n) is 9.81. The minimum Gasteiger partial charge on any atom is -0.490 e. The minimum absolute atomic E-state index is 0. The zero-order chi connectivity index (χ0) is 27.3. The highest BCUT2D eigenvalue weighted by Gasteiger charge is 2.24. The molecule has 0 aliphatic heterocycles. The van der Waals surface area contributed by atoms with Crippen molar-refractivity contribution in [2.24, 2.45) is 7.05 Å². The van der Waals surface area contributed by atoms with Gasteiger partial charge in [-0.15, -0.1) is 0 Å². The van der Waals surface area contributed by atoms with Crippen LogP contribution in [0.25, 0.3) is 11.3 Å². The third-order valence-corrected chi connectivity index (χ3v) is 5.75. The molecule has 3 aromatic rings. The average molecular weight is 525 g/mol. The van der Waals surface area contributed by atoms with Crippen LogP contribution in [0.15, 0.2) is 42.6 Å². The largest absolute Gasteiger partial charge is 0.490 e. The number of aliphatic hydroxyl groups excluding tert-OH is 1. The van der Waals surface area contributed by atoms with Crippen molar-refractivity contribution in [2.75, 3.05) is 6.61 Å². The summed E-state index contributed by atoms with van der Waals surface area (Å²) in [6.45, 7) is 6.76. The van der Waals surface area contributed by atoms with Crippen molar-refractivity contribution in [3.8, 4) is 23.1 Å². The number of amides is 1. The molecule has 0 spiro atoms. The van der Waals surface area contributed by atoms with E-state index in [1.807, 2.05) is 19.9 Å². The fourth-order valence-electron chi connectivity index (χ4n) is 4.11. The summed E-state index contributed by atoms with van der Waals surface area (Å²) in [6.07, 6.45) is 2.10. The van der Waals surface area contributed by atoms with E-state index < -0.39 is 23.4 Å². The van der Waals surface area contributed by atoms with E-state index in [0.29, 0.717) is 34.8 Å². The Bertz CT molecular complexity index is 1300. The number of imidazole rings is 1. The molecule has 0 unspecified atom stereocenters. The lowest BCUT2D eigenvalue weighted by atomic mass is 10.0. The molecule has 1 atom stereocenters. The number of halogens is 1. The van der Waals surface area contributed by atoms with Crippen LogP contribution < -0.4 is 10.1 Å². The quantitative estimate of drug-likeness (QED) is 0.360. The number of hydrogen-bond acceptors (Lipinski definition) is 6. The first-order valence-corrected chi connectivity index (χ1v) is 12.1. The van der Waals surface area contributed by atoms with E-state index in [4.69, 9.17) is 4.74 Å². The van der Waals surface area contributed by atoms with E-state index >= 15 is 4.39 Å². The van der Waals surface area contributed by atoms with E-state index in [0.717, 1.165) is 0 Å². The monoisotopic (exact) mass is 524 g/mol. The molecule has 38 heavy (non-hydrogen) atoms. The number of benzene rings is 2. The fraction of sp³-hybridized carbons (Fsp3) is 0.414. The van der Waals surface area contributed by atoms with Gasteiger partial charge in [-0.2, -0.15) is 5.26 Å². The van der Waals surface area contributed by atoms with Crippen molar-refractivity contribution < 1.29 is 24.1 Å². The maximum absolute atomic E-state index is 15.1. The molecule has 0 radical (unpaired) electrons. The van der Waals surface area contributed by atoms with Crippen molar-refractivity contribution in [3.63, 3.8) is 0 Å². The number of hydrogen-bond donors (Lipinski definition) is 3. The lowest BCUT2D eigenvalue weighted by Crippen LogP contribution is -2.37. The van der Waals surface area contributed by atoms with Crippen molar-refractivity contribution in [1.82, 2.24) is 14.9 Å². The van der Waals surface area contributed by atoms with E-state index in [1.54, 1.807) is 55.9 Å². The highest BCUT2D eigenvalue weighted by molar-refractivity contribution is 5.95. The Kier molecular flexibility index (Phi) is 10.2. The van der Waals surface area contributed by atoms with Crippen molar-refractivity contribution >= 4 is 5.91 Å². The lowest BCUT2D eigenvalue weighted by molar-refractivity contribution is 0.0659. The molecule has 8 nitrogen and oxygen atoms in total. The number of nitrogens with one attached hydrogen (secondary N) is 1. The summed E-state index contributed by atoms with van der Waals surface area (Å²) in [5, 5.41) is 32.1. The molecular weight excluding hydrogens is 487 g/mol. The Labute approximate surface area is 223 Å². The van der Waals surface area contributed by atoms with Crippen LogP contribution in [0.4, 0.5) is 4.39 Å². The van der Waals surface area contributed by atoms with Gasteiger partial charge in [-0.1, -0.05) is 13.5 Å². The zero-order valence-corrected chi connectivity index (χ0v) is 21.7. The standard InChI is InChI=1S/C28H33FN4O4.CH4/c1-17(2)37-25-9-7-19(14-20(25)15-30)26(35)31-21(10-11-34)12-18-6-8-22(23(29)13-18)24-16-33(5)27(32-24)28(3,4)36;/h6-9,13-14,16-17,21,34,36H,10-12H2,1-5H3,(H,31,35);1H4/t21-;/m1./s1. The van der Waals surface area contributed by atoms with Gasteiger partial charge in [-0.05, 0) is 76.4 Å². The Morgan fingerprint density at radius 2 is 1.97 bits per heavy atom. The highest BCUT2D eigenvalue weighted by Crippen LogP contribution is 2.27. The van der Waals surface area contributed by atoms with Gasteiger partial charge in [0, 0.05) is 37.0 Å². The third kappa shape index (κ3) is 7.40. The first kappa shape index (κ1) is 30.5. The molecule has 0 aliphatic rings. The minimum atomic E-state index is -1.17. The third-order valence-electron chi connectivity index (χ3n) is 5.75. The Morgan fingerprint density at radius 1 is 1.26 bits per heavy atom. The van der Waals surface area contributed by atoms with Gasteiger partial charge in [0.15, 0.2) is 0 Å². The number of ether oxygens (including phenoxy) is 1. The molecule has 3 N–H and O–H groups in total. The van der Waals surface area contributed by atoms with Gasteiger partial charge >= 0.3 is 0 Å². The maximum Gasteiger partial charge on any atom is 0.251 e. The SMILES string of the molecule is C.CC(C)Oc1ccc(C(=O)N[C@H](CCO)Cc2ccc(-c3cn(C)c(C(C)(C)O)n3)c(F)c2)cc1C#N. The summed E-state index contributed by atoms with van der Waals surface area (Å²) in [4.78, 5) is 17.3. The van der Waals surface area contributed by atoms with Gasteiger partial charge < -0.3 is 24.8 Å². The molecule has 3 rings (SSSR count). The van der Waals surface area contributed by atoms with Crippen LogP contribution in [-0.2, 0) is 19.1 Å². The normalized spacial score (nSPS) is 12.0. The Balaban J connectivity index is 0.00000507. The van der Waals surface area contributed by atoms with E-state index in [9.17, 15) is 20.3 Å². The number of carbonyl (C=O) groups excluding carboxylic acids is 1. The van der Waals surface area contributed by atoms with Crippen molar-refractivity contribution in [1.29, 1.82) is 5.26 Å². The van der Waals surface area contributed by atoms with Crippen molar-refractivity contribution in [3.05, 3.63) is 70.9 Å². The summed E-state index contributed by atoms with van der Waals surface area (Å²) < 4.78 is 22.3. The number of nitriles is 1. The number of aliphatic hydroxyl groups is 2. The van der Waals surface area contributed by atoms with Gasteiger partial charge in [0.05, 0.1) is 17.4 Å². The van der Waals surface area contributed by atoms with Crippen LogP contribution in [-0.4, -0.2) is 44.4 Å². The van der Waals surface area contributed by atoms with Crippen LogP contribution in [0.2, 0.25) is 0 Å². The molecule has 1 amide bonds. The Morgan fingerprint density at radius 3 is 2.53 bits per heavy atom. The molecule has 0 saturated carbocycles. The van der Waals surface area contributed by atoms with E-state index in [-0.39, 0.29) is 37.7 Å². The van der Waals surface area contributed by atoms with E-state index in [2.05, 4.69) is 10.3 Å². The number of carbonyl (C=O) groups is 1. The Hall–Kier alpha value is -3.74. The summed E-state index contributed by atoms with van der Waals surface area (Å²) in [5.74, 6) is -0.0682. The molecule has 204 valence electrons. The zero-order valence-electron chi connectivity index (χ0n) is 21.7. The van der Waals surface area contributed by atoms with Gasteiger partial charge in [0.2, 0.25) is 0 Å². The first-order valence-electron chi connectivity index (χ1n) is 12.1. The van der Waals surface area contributed by atoms with Crippen LogP contribution in [0.1, 0.15) is 68.9 Å². The van der Waals surface area contributed by atoms with E-state index in [1.165, 1.54) is 12.1 Å². The van der Waals surface area contributed by atoms with Crippen molar-refractivity contribution in [2.45, 2.75) is 65.7 Å². The second-order valence-corrected chi connectivity index (χ2v) is 9.81. The number of aryl methyl sites for hydroxylation is 1. The molecular formula is C29H37FN4O4. The van der Waals surface area contributed by atoms with Gasteiger partial charge in [0.1, 0.15) is 29.1 Å². The molecule has 9 heteroatoms. The topological polar surface area (TPSA) is 120 Å². The fourth-order valence-corrected chi connectivity index (χ4v) is 4.11. The summed E-state index contributed by atoms with van der Waals surface area (Å²) in [7, 11) is 1.74. The first-order chi connectivity index (χ1) is 17.4. The molecule has 0 bridgehead atoms. The van der Waals surface area contributed by atoms with Gasteiger partial charge in [0.25, 0.3) is 5.91 Å². The maximum atomic E-state index is 15.1. The van der Waals surface area contributed by atoms with Crippen LogP contribution in [0.3, 0.4) is 0 Å². The average Bonchev–Trinajstić information content (AvgIpc) is 3.21. The summed E-state index contributed by atoms with van der Waals surface area (Å²) in [5.41, 5.74) is 0.703. The molecule has 0 fully saturated rings. The molecule has 0 aliphatic carbocycles. The number of rotatable bonds is 10. The summed E-state index contributed by atoms with van der Waals surface area (Å²) >= 11 is 0. The van der Waals surface area contributed by atoms with Crippen LogP contribution in [0.5, 0.6) is 5.75 Å². The predicted molar refractivity (Wildman–Crippen MR) is 144 cm³/mol. The molecule has 1 heterocycles.